The number of anilines is 2. The van der Waals surface area contributed by atoms with E-state index < -0.39 is 63.1 Å². The highest BCUT2D eigenvalue weighted by molar-refractivity contribution is 7.84. The van der Waals surface area contributed by atoms with Crippen LogP contribution in [0.1, 0.15) is 11.1 Å². The first-order valence-corrected chi connectivity index (χ1v) is 11.6. The predicted octanol–water partition coefficient (Wildman–Crippen LogP) is 6.83. The lowest BCUT2D eigenvalue weighted by Gasteiger charge is -2.37. The first-order valence-electron chi connectivity index (χ1n) is 9.43. The summed E-state index contributed by atoms with van der Waals surface area (Å²) in [6, 6.07) is 5.53. The van der Waals surface area contributed by atoms with Gasteiger partial charge >= 0.3 is 22.5 Å². The summed E-state index contributed by atoms with van der Waals surface area (Å²) in [7, 11) is -5.26. The van der Waals surface area contributed by atoms with Gasteiger partial charge in [-0.1, -0.05) is 29.3 Å². The minimum absolute atomic E-state index is 0.0484. The highest BCUT2D eigenvalue weighted by atomic mass is 35.5. The molecule has 0 radical (unpaired) electrons. The summed E-state index contributed by atoms with van der Waals surface area (Å²) < 4.78 is 103. The Kier molecular flexibility index (Phi) is 6.20. The maximum atomic E-state index is 14.7. The number of rotatable bonds is 3. The molecule has 0 saturated heterocycles. The smallest absolute Gasteiger partial charge is 0.269 e. The van der Waals surface area contributed by atoms with Crippen LogP contribution in [0.15, 0.2) is 48.5 Å². The van der Waals surface area contributed by atoms with Crippen LogP contribution in [0.25, 0.3) is 11.1 Å². The van der Waals surface area contributed by atoms with Crippen LogP contribution in [0, 0.1) is 11.6 Å². The number of urea groups is 1. The molecule has 6 nitrogen and oxygen atoms in total. The molecule has 0 aliphatic carbocycles. The van der Waals surface area contributed by atoms with Gasteiger partial charge in [0.2, 0.25) is 0 Å². The fourth-order valence-corrected chi connectivity index (χ4v) is 4.80. The van der Waals surface area contributed by atoms with Gasteiger partial charge in [0.1, 0.15) is 11.6 Å². The number of carbonyl (C=O) groups excluding carboxylic acids is 1. The van der Waals surface area contributed by atoms with E-state index in [1.54, 1.807) is 0 Å². The molecule has 1 aliphatic heterocycles. The second-order valence-corrected chi connectivity index (χ2v) is 9.47. The Morgan fingerprint density at radius 2 is 1.57 bits per heavy atom. The lowest BCUT2D eigenvalue weighted by Crippen LogP contribution is -2.47. The van der Waals surface area contributed by atoms with E-state index in [-0.39, 0.29) is 25.6 Å². The Morgan fingerprint density at radius 1 is 0.943 bits per heavy atom. The Labute approximate surface area is 205 Å². The van der Waals surface area contributed by atoms with Gasteiger partial charge in [-0.15, -0.1) is 0 Å². The molecule has 1 N–H and O–H groups in total. The second kappa shape index (κ2) is 8.63. The van der Waals surface area contributed by atoms with Gasteiger partial charge in [0, 0.05) is 17.2 Å². The number of para-hydroxylation sites is 1. The van der Waals surface area contributed by atoms with Crippen molar-refractivity contribution in [2.45, 2.75) is 12.7 Å². The summed E-state index contributed by atoms with van der Waals surface area (Å²) in [4.78, 5) is 13.6. The first-order chi connectivity index (χ1) is 16.2. The zero-order valence-corrected chi connectivity index (χ0v) is 19.3. The molecule has 14 heteroatoms. The van der Waals surface area contributed by atoms with Gasteiger partial charge in [-0.2, -0.15) is 25.9 Å². The molecule has 0 aromatic heterocycles. The van der Waals surface area contributed by atoms with Gasteiger partial charge in [0.25, 0.3) is 0 Å². The molecule has 0 unspecified atom stereocenters. The largest absolute Gasteiger partial charge is 0.416 e. The molecule has 0 bridgehead atoms. The molecule has 2 amide bonds. The average molecular weight is 553 g/mol. The predicted molar refractivity (Wildman–Crippen MR) is 118 cm³/mol. The van der Waals surface area contributed by atoms with Gasteiger partial charge in [-0.25, -0.2) is 13.6 Å². The summed E-state index contributed by atoms with van der Waals surface area (Å²) in [5.41, 5.74) is -3.53. The zero-order chi connectivity index (χ0) is 25.9. The fourth-order valence-electron chi connectivity index (χ4n) is 3.66. The molecule has 4 rings (SSSR count). The van der Waals surface area contributed by atoms with Crippen LogP contribution in [-0.2, 0) is 23.0 Å². The van der Waals surface area contributed by atoms with Crippen molar-refractivity contribution in [3.05, 3.63) is 81.3 Å². The summed E-state index contributed by atoms with van der Waals surface area (Å²) in [6.07, 6.45) is -4.99. The summed E-state index contributed by atoms with van der Waals surface area (Å²) in [5.74, 6) is -2.25. The number of hydrogen-bond donors (Lipinski definition) is 1. The Hall–Kier alpha value is -2.93. The number of carbonyl (C=O) groups is 1. The minimum atomic E-state index is -5.26. The average Bonchev–Trinajstić information content (AvgIpc) is 2.72. The van der Waals surface area contributed by atoms with Crippen molar-refractivity contribution in [3.8, 4) is 11.1 Å². The third kappa shape index (κ3) is 4.54. The normalized spacial score (nSPS) is 14.3. The topological polar surface area (TPSA) is 77.9 Å². The first kappa shape index (κ1) is 25.2. The molecule has 0 fully saturated rings. The molecule has 0 saturated carbocycles. The number of nitrogens with zero attached hydrogens (tertiary/aromatic N) is 2. The van der Waals surface area contributed by atoms with E-state index in [9.17, 15) is 39.7 Å². The summed E-state index contributed by atoms with van der Waals surface area (Å²) in [5, 5.41) is -0.471. The molecule has 35 heavy (non-hydrogen) atoms. The fraction of sp³-hybridized carbons (Fsp3) is 0.0952. The van der Waals surface area contributed by atoms with E-state index in [1.807, 2.05) is 0 Å². The standard InChI is InChI=1S/C21H11Cl2F5N2O4S/c22-15-2-1-3-16(23)19(15)30-18-7-10(21(26,27)28)6-13(12-5-4-11(24)8-17(12)25)14(18)9-29(20(30)31)35(32,33)34/h1-8H,9H2,(H,32,33,34). The maximum absolute atomic E-state index is 14.7. The minimum Gasteiger partial charge on any atom is -0.269 e. The van der Waals surface area contributed by atoms with Crippen LogP contribution in [0.2, 0.25) is 10.0 Å². The lowest BCUT2D eigenvalue weighted by molar-refractivity contribution is -0.137. The zero-order valence-electron chi connectivity index (χ0n) is 16.9. The molecular formula is C21H11Cl2F5N2O4S. The van der Waals surface area contributed by atoms with Crippen molar-refractivity contribution < 1.29 is 39.7 Å². The van der Waals surface area contributed by atoms with Crippen LogP contribution in [0.3, 0.4) is 0 Å². The number of amides is 2. The molecule has 0 spiro atoms. The van der Waals surface area contributed by atoms with E-state index in [2.05, 4.69) is 0 Å². The van der Waals surface area contributed by atoms with Crippen molar-refractivity contribution in [1.82, 2.24) is 4.31 Å². The van der Waals surface area contributed by atoms with E-state index in [1.165, 1.54) is 18.2 Å². The molecular weight excluding hydrogens is 542 g/mol. The van der Waals surface area contributed by atoms with Gasteiger partial charge < -0.3 is 0 Å². The molecule has 1 aliphatic rings. The van der Waals surface area contributed by atoms with Gasteiger partial charge in [0.05, 0.1) is 33.5 Å². The number of fused-ring (bicyclic) bond motifs is 1. The molecule has 3 aromatic rings. The van der Waals surface area contributed by atoms with E-state index in [0.717, 1.165) is 12.1 Å². The molecule has 3 aromatic carbocycles. The van der Waals surface area contributed by atoms with Gasteiger partial charge in [-0.3, -0.25) is 9.45 Å². The number of hydrogen-bond acceptors (Lipinski definition) is 3. The molecule has 0 atom stereocenters. The van der Waals surface area contributed by atoms with Crippen molar-refractivity contribution in [3.63, 3.8) is 0 Å². The Balaban J connectivity index is 2.15. The Morgan fingerprint density at radius 3 is 2.11 bits per heavy atom. The highest BCUT2D eigenvalue weighted by Gasteiger charge is 2.43. The van der Waals surface area contributed by atoms with Crippen LogP contribution >= 0.6 is 23.2 Å². The van der Waals surface area contributed by atoms with Gasteiger partial charge in [-0.05, 0) is 42.0 Å². The Bertz CT molecular complexity index is 1460. The quantitative estimate of drug-likeness (QED) is 0.285. The van der Waals surface area contributed by atoms with E-state index >= 15 is 0 Å². The number of alkyl halides is 3. The highest BCUT2D eigenvalue weighted by Crippen LogP contribution is 2.48. The van der Waals surface area contributed by atoms with Crippen LogP contribution in [0.5, 0.6) is 0 Å². The SMILES string of the molecule is O=C1N(c2c(Cl)cccc2Cl)c2cc(C(F)(F)F)cc(-c3ccc(F)cc3F)c2CN1S(=O)(=O)O. The van der Waals surface area contributed by atoms with Crippen molar-refractivity contribution >= 4 is 50.9 Å². The monoisotopic (exact) mass is 552 g/mol. The third-order valence-electron chi connectivity index (χ3n) is 5.16. The number of benzene rings is 3. The van der Waals surface area contributed by atoms with Crippen LogP contribution in [-0.4, -0.2) is 23.3 Å². The second-order valence-electron chi connectivity index (χ2n) is 7.32. The van der Waals surface area contributed by atoms with Crippen molar-refractivity contribution in [1.29, 1.82) is 0 Å². The van der Waals surface area contributed by atoms with E-state index in [4.69, 9.17) is 23.2 Å². The third-order valence-corrected chi connectivity index (χ3v) is 6.61. The van der Waals surface area contributed by atoms with E-state index in [0.29, 0.717) is 23.1 Å². The van der Waals surface area contributed by atoms with Gasteiger partial charge in [0.15, 0.2) is 0 Å². The number of halogens is 7. The molecule has 1 heterocycles. The lowest BCUT2D eigenvalue weighted by atomic mass is 9.93. The summed E-state index contributed by atoms with van der Waals surface area (Å²) >= 11 is 12.3. The van der Waals surface area contributed by atoms with Crippen LogP contribution in [0.4, 0.5) is 38.1 Å². The maximum Gasteiger partial charge on any atom is 0.416 e. The van der Waals surface area contributed by atoms with Crippen molar-refractivity contribution in [2.24, 2.45) is 0 Å². The van der Waals surface area contributed by atoms with Crippen LogP contribution < -0.4 is 4.90 Å². The summed E-state index contributed by atoms with van der Waals surface area (Å²) in [6.45, 7) is -0.962. The van der Waals surface area contributed by atoms with Crippen molar-refractivity contribution in [2.75, 3.05) is 4.90 Å². The molecule has 184 valence electrons.